The summed E-state index contributed by atoms with van der Waals surface area (Å²) in [6.07, 6.45) is 1.35. The third kappa shape index (κ3) is 2.85. The highest BCUT2D eigenvalue weighted by Crippen LogP contribution is 2.15. The maximum atomic E-state index is 11.8. The SMILES string of the molecule is CCn1c(O)c(C=Nc2ccc(C)cc2)c(=O)[nH]c1=S. The Morgan fingerprint density at radius 1 is 1.40 bits per heavy atom. The molecule has 1 aromatic heterocycles. The summed E-state index contributed by atoms with van der Waals surface area (Å²) in [4.78, 5) is 18.5. The van der Waals surface area contributed by atoms with Crippen LogP contribution in [-0.2, 0) is 6.54 Å². The van der Waals surface area contributed by atoms with Crippen molar-refractivity contribution < 1.29 is 5.11 Å². The van der Waals surface area contributed by atoms with Crippen molar-refractivity contribution in [3.05, 3.63) is 50.5 Å². The highest BCUT2D eigenvalue weighted by molar-refractivity contribution is 7.71. The van der Waals surface area contributed by atoms with E-state index in [1.54, 1.807) is 0 Å². The Morgan fingerprint density at radius 3 is 2.65 bits per heavy atom. The zero-order valence-corrected chi connectivity index (χ0v) is 12.1. The molecule has 0 saturated carbocycles. The van der Waals surface area contributed by atoms with Gasteiger partial charge in [0.05, 0.1) is 5.69 Å². The van der Waals surface area contributed by atoms with Gasteiger partial charge in [-0.25, -0.2) is 0 Å². The van der Waals surface area contributed by atoms with Crippen LogP contribution in [0.1, 0.15) is 18.1 Å². The summed E-state index contributed by atoms with van der Waals surface area (Å²) in [7, 11) is 0. The predicted octanol–water partition coefficient (Wildman–Crippen LogP) is 2.69. The van der Waals surface area contributed by atoms with Gasteiger partial charge in [0, 0.05) is 12.8 Å². The van der Waals surface area contributed by atoms with Crippen LogP contribution in [0, 0.1) is 11.7 Å². The van der Waals surface area contributed by atoms with Gasteiger partial charge in [-0.1, -0.05) is 17.7 Å². The Balaban J connectivity index is 2.46. The molecule has 2 N–H and O–H groups in total. The molecule has 0 aliphatic carbocycles. The molecule has 104 valence electrons. The van der Waals surface area contributed by atoms with Gasteiger partial charge < -0.3 is 5.11 Å². The summed E-state index contributed by atoms with van der Waals surface area (Å²) >= 11 is 4.98. The van der Waals surface area contributed by atoms with Gasteiger partial charge in [0.1, 0.15) is 5.56 Å². The van der Waals surface area contributed by atoms with E-state index in [1.165, 1.54) is 10.8 Å². The van der Waals surface area contributed by atoms with E-state index in [0.29, 0.717) is 12.2 Å². The quantitative estimate of drug-likeness (QED) is 0.674. The Morgan fingerprint density at radius 2 is 2.05 bits per heavy atom. The molecule has 20 heavy (non-hydrogen) atoms. The first-order valence-corrected chi connectivity index (χ1v) is 6.60. The Bertz CT molecular complexity index is 757. The number of hydrogen-bond acceptors (Lipinski definition) is 4. The molecule has 0 fully saturated rings. The number of aromatic nitrogens is 2. The zero-order chi connectivity index (χ0) is 14.7. The molecule has 1 aromatic carbocycles. The average molecular weight is 289 g/mol. The fourth-order valence-electron chi connectivity index (χ4n) is 1.75. The lowest BCUT2D eigenvalue weighted by Crippen LogP contribution is -2.18. The summed E-state index contributed by atoms with van der Waals surface area (Å²) in [6, 6.07) is 7.53. The van der Waals surface area contributed by atoms with Gasteiger partial charge in [0.15, 0.2) is 4.77 Å². The van der Waals surface area contributed by atoms with Crippen LogP contribution in [-0.4, -0.2) is 20.9 Å². The lowest BCUT2D eigenvalue weighted by Gasteiger charge is -2.07. The third-order valence-electron chi connectivity index (χ3n) is 2.90. The van der Waals surface area contributed by atoms with Crippen LogP contribution in [0.25, 0.3) is 0 Å². The minimum Gasteiger partial charge on any atom is -0.494 e. The Kier molecular flexibility index (Phi) is 4.14. The van der Waals surface area contributed by atoms with Crippen LogP contribution in [0.2, 0.25) is 0 Å². The number of nitrogens with one attached hydrogen (secondary N) is 1. The average Bonchev–Trinajstić information content (AvgIpc) is 2.40. The van der Waals surface area contributed by atoms with Gasteiger partial charge >= 0.3 is 0 Å². The van der Waals surface area contributed by atoms with Crippen molar-refractivity contribution in [1.29, 1.82) is 0 Å². The van der Waals surface area contributed by atoms with Crippen LogP contribution in [0.3, 0.4) is 0 Å². The summed E-state index contributed by atoms with van der Waals surface area (Å²) < 4.78 is 1.63. The predicted molar refractivity (Wildman–Crippen MR) is 81.7 cm³/mol. The minimum absolute atomic E-state index is 0.0982. The number of benzene rings is 1. The topological polar surface area (TPSA) is 70.4 Å². The van der Waals surface area contributed by atoms with Crippen molar-refractivity contribution in [2.45, 2.75) is 20.4 Å². The van der Waals surface area contributed by atoms with Crippen LogP contribution in [0.15, 0.2) is 34.1 Å². The fourth-order valence-corrected chi connectivity index (χ4v) is 2.06. The number of H-pyrrole nitrogens is 1. The molecule has 0 radical (unpaired) electrons. The van der Waals surface area contributed by atoms with E-state index < -0.39 is 5.56 Å². The highest BCUT2D eigenvalue weighted by Gasteiger charge is 2.09. The third-order valence-corrected chi connectivity index (χ3v) is 3.22. The Labute approximate surface area is 121 Å². The summed E-state index contributed by atoms with van der Waals surface area (Å²) in [6.45, 7) is 4.28. The molecule has 2 aromatic rings. The lowest BCUT2D eigenvalue weighted by atomic mass is 10.2. The minimum atomic E-state index is -0.451. The van der Waals surface area contributed by atoms with E-state index in [-0.39, 0.29) is 16.2 Å². The molecule has 1 heterocycles. The van der Waals surface area contributed by atoms with Crippen molar-refractivity contribution in [3.8, 4) is 5.88 Å². The van der Waals surface area contributed by atoms with Crippen molar-refractivity contribution in [1.82, 2.24) is 9.55 Å². The molecular formula is C14H15N3O2S. The van der Waals surface area contributed by atoms with Crippen molar-refractivity contribution in [2.24, 2.45) is 4.99 Å². The maximum Gasteiger partial charge on any atom is 0.264 e. The number of hydrogen-bond donors (Lipinski definition) is 2. The number of aliphatic imine (C=N–C) groups is 1. The number of rotatable bonds is 3. The lowest BCUT2D eigenvalue weighted by molar-refractivity contribution is 0.408. The molecule has 0 amide bonds. The van der Waals surface area contributed by atoms with E-state index >= 15 is 0 Å². The van der Waals surface area contributed by atoms with Gasteiger partial charge in [-0.3, -0.25) is 19.3 Å². The smallest absolute Gasteiger partial charge is 0.264 e. The standard InChI is InChI=1S/C14H15N3O2S/c1-3-17-13(19)11(12(18)16-14(17)20)8-15-10-6-4-9(2)5-7-10/h4-8,19H,3H2,1-2H3,(H,16,18,20). The van der Waals surface area contributed by atoms with Crippen LogP contribution < -0.4 is 5.56 Å². The van der Waals surface area contributed by atoms with E-state index in [1.807, 2.05) is 38.1 Å². The van der Waals surface area contributed by atoms with E-state index in [4.69, 9.17) is 12.2 Å². The van der Waals surface area contributed by atoms with Crippen molar-refractivity contribution in [2.75, 3.05) is 0 Å². The highest BCUT2D eigenvalue weighted by atomic mass is 32.1. The normalized spacial score (nSPS) is 11.1. The van der Waals surface area contributed by atoms with Gasteiger partial charge in [0.25, 0.3) is 5.56 Å². The maximum absolute atomic E-state index is 11.8. The number of aromatic hydroxyl groups is 1. The first kappa shape index (κ1) is 14.2. The van der Waals surface area contributed by atoms with Crippen LogP contribution >= 0.6 is 12.2 Å². The molecule has 0 aliphatic heterocycles. The number of aryl methyl sites for hydroxylation is 1. The Hall–Kier alpha value is -2.21. The summed E-state index contributed by atoms with van der Waals surface area (Å²) in [5, 5.41) is 10.1. The molecule has 0 bridgehead atoms. The largest absolute Gasteiger partial charge is 0.494 e. The van der Waals surface area contributed by atoms with Crippen LogP contribution in [0.4, 0.5) is 5.69 Å². The summed E-state index contributed by atoms with van der Waals surface area (Å²) in [5.74, 6) is -0.169. The molecule has 0 aliphatic rings. The zero-order valence-electron chi connectivity index (χ0n) is 11.3. The van der Waals surface area contributed by atoms with Crippen molar-refractivity contribution in [3.63, 3.8) is 0 Å². The fraction of sp³-hybridized carbons (Fsp3) is 0.214. The van der Waals surface area contributed by atoms with Gasteiger partial charge in [-0.15, -0.1) is 0 Å². The second-order valence-corrected chi connectivity index (χ2v) is 4.72. The molecule has 2 rings (SSSR count). The van der Waals surface area contributed by atoms with Gasteiger partial charge in [-0.2, -0.15) is 0 Å². The molecule has 6 heteroatoms. The molecule has 0 atom stereocenters. The first-order valence-electron chi connectivity index (χ1n) is 6.19. The molecule has 0 saturated heterocycles. The second kappa shape index (κ2) is 5.83. The number of nitrogens with zero attached hydrogens (tertiary/aromatic N) is 2. The monoisotopic (exact) mass is 289 g/mol. The second-order valence-electron chi connectivity index (χ2n) is 4.33. The molecular weight excluding hydrogens is 274 g/mol. The molecule has 0 spiro atoms. The van der Waals surface area contributed by atoms with Crippen LogP contribution in [0.5, 0.6) is 5.88 Å². The molecule has 0 unspecified atom stereocenters. The first-order chi connectivity index (χ1) is 9.52. The van der Waals surface area contributed by atoms with E-state index in [0.717, 1.165) is 5.56 Å². The number of aromatic amines is 1. The van der Waals surface area contributed by atoms with E-state index in [2.05, 4.69) is 9.98 Å². The van der Waals surface area contributed by atoms with Gasteiger partial charge in [-0.05, 0) is 38.2 Å². The summed E-state index contributed by atoms with van der Waals surface area (Å²) in [5.41, 5.74) is 1.48. The molecule has 5 nitrogen and oxygen atoms in total. The van der Waals surface area contributed by atoms with E-state index in [9.17, 15) is 9.90 Å². The van der Waals surface area contributed by atoms with Gasteiger partial charge in [0.2, 0.25) is 5.88 Å². The van der Waals surface area contributed by atoms with Crippen molar-refractivity contribution >= 4 is 24.1 Å².